The molecule has 0 spiro atoms. The first-order chi connectivity index (χ1) is 5.75. The standard InChI is InChI=1S/C7H10N4O/c8-5(12)3-6-9-7(11-10-6)4-1-2-4/h4H,1-3H2,(H2,8,12)(H,9,10,11). The molecule has 0 saturated heterocycles. The van der Waals surface area contributed by atoms with Crippen molar-refractivity contribution in [3.8, 4) is 0 Å². The topological polar surface area (TPSA) is 84.7 Å². The van der Waals surface area contributed by atoms with Crippen LogP contribution in [0.2, 0.25) is 0 Å². The molecule has 0 bridgehead atoms. The lowest BCUT2D eigenvalue weighted by molar-refractivity contribution is -0.117. The van der Waals surface area contributed by atoms with E-state index < -0.39 is 0 Å². The van der Waals surface area contributed by atoms with E-state index in [9.17, 15) is 4.79 Å². The summed E-state index contributed by atoms with van der Waals surface area (Å²) >= 11 is 0. The number of primary amides is 1. The van der Waals surface area contributed by atoms with E-state index in [0.717, 1.165) is 18.7 Å². The summed E-state index contributed by atoms with van der Waals surface area (Å²) in [4.78, 5) is 14.6. The Bertz CT molecular complexity index is 302. The van der Waals surface area contributed by atoms with E-state index in [0.29, 0.717) is 11.7 Å². The van der Waals surface area contributed by atoms with Crippen molar-refractivity contribution in [3.05, 3.63) is 11.6 Å². The van der Waals surface area contributed by atoms with Crippen LogP contribution in [0.4, 0.5) is 0 Å². The van der Waals surface area contributed by atoms with E-state index in [1.165, 1.54) is 0 Å². The minimum Gasteiger partial charge on any atom is -0.369 e. The highest BCUT2D eigenvalue weighted by Crippen LogP contribution is 2.37. The number of carbonyl (C=O) groups is 1. The van der Waals surface area contributed by atoms with Crippen LogP contribution in [0.5, 0.6) is 0 Å². The van der Waals surface area contributed by atoms with Crippen LogP contribution in [0.25, 0.3) is 0 Å². The third kappa shape index (κ3) is 1.44. The first-order valence-corrected chi connectivity index (χ1v) is 3.95. The fraction of sp³-hybridized carbons (Fsp3) is 0.571. The Hall–Kier alpha value is -1.39. The molecule has 12 heavy (non-hydrogen) atoms. The Morgan fingerprint density at radius 1 is 1.67 bits per heavy atom. The van der Waals surface area contributed by atoms with Gasteiger partial charge in [0.2, 0.25) is 5.91 Å². The van der Waals surface area contributed by atoms with Crippen LogP contribution < -0.4 is 5.73 Å². The summed E-state index contributed by atoms with van der Waals surface area (Å²) in [5.41, 5.74) is 5.00. The molecule has 0 aromatic carbocycles. The van der Waals surface area contributed by atoms with Gasteiger partial charge in [-0.05, 0) is 12.8 Å². The van der Waals surface area contributed by atoms with E-state index in [1.54, 1.807) is 0 Å². The van der Waals surface area contributed by atoms with E-state index in [4.69, 9.17) is 5.73 Å². The van der Waals surface area contributed by atoms with Gasteiger partial charge in [-0.15, -0.1) is 0 Å². The normalized spacial score (nSPS) is 16.3. The molecule has 3 N–H and O–H groups in total. The quantitative estimate of drug-likeness (QED) is 0.647. The minimum absolute atomic E-state index is 0.152. The third-order valence-electron chi connectivity index (χ3n) is 1.83. The Morgan fingerprint density at radius 2 is 2.42 bits per heavy atom. The number of amides is 1. The SMILES string of the molecule is NC(=O)Cc1nc(C2CC2)n[nH]1. The summed E-state index contributed by atoms with van der Waals surface area (Å²) in [5.74, 6) is 1.53. The minimum atomic E-state index is -0.381. The second-order valence-corrected chi connectivity index (χ2v) is 3.06. The summed E-state index contributed by atoms with van der Waals surface area (Å²) < 4.78 is 0. The van der Waals surface area contributed by atoms with Crippen molar-refractivity contribution in [3.63, 3.8) is 0 Å². The van der Waals surface area contributed by atoms with Crippen molar-refractivity contribution in [2.75, 3.05) is 0 Å². The largest absolute Gasteiger partial charge is 0.369 e. The average molecular weight is 166 g/mol. The smallest absolute Gasteiger partial charge is 0.225 e. The summed E-state index contributed by atoms with van der Waals surface area (Å²) in [6.45, 7) is 0. The van der Waals surface area contributed by atoms with Crippen LogP contribution in [-0.2, 0) is 11.2 Å². The number of hydrogen-bond acceptors (Lipinski definition) is 3. The third-order valence-corrected chi connectivity index (χ3v) is 1.83. The van der Waals surface area contributed by atoms with Gasteiger partial charge in [0, 0.05) is 5.92 Å². The van der Waals surface area contributed by atoms with Gasteiger partial charge in [0.05, 0.1) is 6.42 Å². The van der Waals surface area contributed by atoms with Crippen molar-refractivity contribution < 1.29 is 4.79 Å². The molecule has 64 valence electrons. The molecule has 1 aromatic heterocycles. The van der Waals surface area contributed by atoms with E-state index in [1.807, 2.05) is 0 Å². The number of carbonyl (C=O) groups excluding carboxylic acids is 1. The second kappa shape index (κ2) is 2.58. The van der Waals surface area contributed by atoms with Crippen LogP contribution in [0.3, 0.4) is 0 Å². The predicted octanol–water partition coefficient (Wildman–Crippen LogP) is -0.290. The molecule has 1 aliphatic rings. The predicted molar refractivity (Wildman–Crippen MR) is 41.3 cm³/mol. The van der Waals surface area contributed by atoms with Crippen LogP contribution in [0.1, 0.15) is 30.4 Å². The number of H-pyrrole nitrogens is 1. The molecule has 1 heterocycles. The highest BCUT2D eigenvalue weighted by atomic mass is 16.1. The van der Waals surface area contributed by atoms with Gasteiger partial charge in [-0.3, -0.25) is 9.89 Å². The Morgan fingerprint density at radius 3 is 3.00 bits per heavy atom. The van der Waals surface area contributed by atoms with Gasteiger partial charge in [0.25, 0.3) is 0 Å². The van der Waals surface area contributed by atoms with E-state index in [2.05, 4.69) is 15.2 Å². The summed E-state index contributed by atoms with van der Waals surface area (Å²) in [6.07, 6.45) is 2.47. The van der Waals surface area contributed by atoms with Gasteiger partial charge in [-0.1, -0.05) is 0 Å². The summed E-state index contributed by atoms with van der Waals surface area (Å²) in [5, 5.41) is 6.68. The second-order valence-electron chi connectivity index (χ2n) is 3.06. The molecule has 0 atom stereocenters. The maximum atomic E-state index is 10.5. The Labute approximate surface area is 69.4 Å². The van der Waals surface area contributed by atoms with Crippen molar-refractivity contribution in [1.29, 1.82) is 0 Å². The molecule has 1 saturated carbocycles. The average Bonchev–Trinajstić information content (AvgIpc) is 2.73. The monoisotopic (exact) mass is 166 g/mol. The molecule has 0 aliphatic heterocycles. The van der Waals surface area contributed by atoms with Gasteiger partial charge < -0.3 is 5.73 Å². The number of nitrogens with zero attached hydrogens (tertiary/aromatic N) is 2. The molecule has 1 amide bonds. The molecular formula is C7H10N4O. The van der Waals surface area contributed by atoms with Gasteiger partial charge in [-0.25, -0.2) is 4.98 Å². The zero-order valence-corrected chi connectivity index (χ0v) is 6.58. The van der Waals surface area contributed by atoms with Gasteiger partial charge >= 0.3 is 0 Å². The van der Waals surface area contributed by atoms with Crippen LogP contribution in [0, 0.1) is 0 Å². The van der Waals surface area contributed by atoms with E-state index >= 15 is 0 Å². The lowest BCUT2D eigenvalue weighted by Gasteiger charge is -1.86. The lowest BCUT2D eigenvalue weighted by atomic mass is 10.4. The number of aromatic nitrogens is 3. The van der Waals surface area contributed by atoms with Crippen LogP contribution in [-0.4, -0.2) is 21.1 Å². The maximum absolute atomic E-state index is 10.5. The number of nitrogens with one attached hydrogen (secondary N) is 1. The summed E-state index contributed by atoms with van der Waals surface area (Å²) in [6, 6.07) is 0. The number of hydrogen-bond donors (Lipinski definition) is 2. The maximum Gasteiger partial charge on any atom is 0.225 e. The molecule has 1 fully saturated rings. The fourth-order valence-corrected chi connectivity index (χ4v) is 1.08. The highest BCUT2D eigenvalue weighted by molar-refractivity contribution is 5.75. The Kier molecular flexibility index (Phi) is 1.56. The first-order valence-electron chi connectivity index (χ1n) is 3.95. The number of aromatic amines is 1. The molecule has 0 unspecified atom stereocenters. The van der Waals surface area contributed by atoms with Crippen molar-refractivity contribution in [2.24, 2.45) is 5.73 Å². The zero-order chi connectivity index (χ0) is 8.55. The number of nitrogens with two attached hydrogens (primary N) is 1. The molecule has 5 nitrogen and oxygen atoms in total. The van der Waals surface area contributed by atoms with Gasteiger partial charge in [0.15, 0.2) is 5.82 Å². The summed E-state index contributed by atoms with van der Waals surface area (Å²) in [7, 11) is 0. The zero-order valence-electron chi connectivity index (χ0n) is 6.58. The molecule has 5 heteroatoms. The number of rotatable bonds is 3. The van der Waals surface area contributed by atoms with Crippen LogP contribution in [0.15, 0.2) is 0 Å². The highest BCUT2D eigenvalue weighted by Gasteiger charge is 2.27. The molecular weight excluding hydrogens is 156 g/mol. The van der Waals surface area contributed by atoms with Gasteiger partial charge in [-0.2, -0.15) is 5.10 Å². The lowest BCUT2D eigenvalue weighted by Crippen LogP contribution is -2.14. The van der Waals surface area contributed by atoms with Crippen molar-refractivity contribution in [1.82, 2.24) is 15.2 Å². The van der Waals surface area contributed by atoms with Crippen molar-refractivity contribution in [2.45, 2.75) is 25.2 Å². The molecule has 1 aromatic rings. The first kappa shape index (κ1) is 7.27. The van der Waals surface area contributed by atoms with Crippen molar-refractivity contribution >= 4 is 5.91 Å². The van der Waals surface area contributed by atoms with E-state index in [-0.39, 0.29) is 12.3 Å². The molecule has 2 rings (SSSR count). The Balaban J connectivity index is 2.07. The van der Waals surface area contributed by atoms with Gasteiger partial charge in [0.1, 0.15) is 5.82 Å². The molecule has 0 radical (unpaired) electrons. The van der Waals surface area contributed by atoms with Crippen LogP contribution >= 0.6 is 0 Å². The fourth-order valence-electron chi connectivity index (χ4n) is 1.08. The molecule has 1 aliphatic carbocycles.